The van der Waals surface area contributed by atoms with Gasteiger partial charge in [-0.2, -0.15) is 0 Å². The maximum absolute atomic E-state index is 2.61. The normalized spacial score (nSPS) is 34.6. The van der Waals surface area contributed by atoms with Crippen LogP contribution in [0.4, 0.5) is 0 Å². The highest BCUT2D eigenvalue weighted by Crippen LogP contribution is 2.29. The van der Waals surface area contributed by atoms with Gasteiger partial charge >= 0.3 is 0 Å². The van der Waals surface area contributed by atoms with Gasteiger partial charge in [0.1, 0.15) is 0 Å². The zero-order valence-corrected chi connectivity index (χ0v) is 8.52. The molecule has 1 fully saturated rings. The first-order valence-corrected chi connectivity index (χ1v) is 4.69. The minimum Gasteiger partial charge on any atom is -0.296 e. The third-order valence-electron chi connectivity index (χ3n) is 3.00. The van der Waals surface area contributed by atoms with Crippen molar-refractivity contribution in [1.82, 2.24) is 4.90 Å². The van der Waals surface area contributed by atoms with Gasteiger partial charge in [0.15, 0.2) is 0 Å². The molecule has 1 nitrogen and oxygen atoms in total. The van der Waals surface area contributed by atoms with E-state index < -0.39 is 0 Å². The highest BCUT2D eigenvalue weighted by Gasteiger charge is 2.34. The summed E-state index contributed by atoms with van der Waals surface area (Å²) in [7, 11) is 0. The van der Waals surface area contributed by atoms with Crippen LogP contribution in [0.25, 0.3) is 0 Å². The molecule has 1 saturated heterocycles. The number of hydrogen-bond acceptors (Lipinski definition) is 1. The van der Waals surface area contributed by atoms with Gasteiger partial charge < -0.3 is 0 Å². The summed E-state index contributed by atoms with van der Waals surface area (Å²) >= 11 is 0. The van der Waals surface area contributed by atoms with Crippen molar-refractivity contribution in [3.8, 4) is 0 Å². The third kappa shape index (κ3) is 1.76. The van der Waals surface area contributed by atoms with Crippen molar-refractivity contribution in [2.24, 2.45) is 5.92 Å². The number of likely N-dealkylation sites (tertiary alicyclic amines) is 1. The van der Waals surface area contributed by atoms with Crippen molar-refractivity contribution < 1.29 is 0 Å². The van der Waals surface area contributed by atoms with Gasteiger partial charge in [-0.1, -0.05) is 6.92 Å². The lowest BCUT2D eigenvalue weighted by Gasteiger charge is -2.36. The molecule has 0 spiro atoms. The molecule has 1 heterocycles. The molecule has 1 rings (SSSR count). The standard InChI is InChI=1S/C10H21N/c1-8-6-7-11(9(8)2)10(3,4)5/h8-9H,6-7H2,1-5H3/t8-,9+/m1/s1. The van der Waals surface area contributed by atoms with Gasteiger partial charge in [0.2, 0.25) is 0 Å². The topological polar surface area (TPSA) is 3.24 Å². The Morgan fingerprint density at radius 1 is 1.18 bits per heavy atom. The van der Waals surface area contributed by atoms with E-state index in [-0.39, 0.29) is 0 Å². The lowest BCUT2D eigenvalue weighted by Crippen LogP contribution is -2.44. The second-order valence-corrected chi connectivity index (χ2v) is 4.87. The lowest BCUT2D eigenvalue weighted by molar-refractivity contribution is 0.120. The Hall–Kier alpha value is -0.0400. The molecule has 0 aromatic carbocycles. The molecule has 0 unspecified atom stereocenters. The molecule has 66 valence electrons. The fraction of sp³-hybridized carbons (Fsp3) is 1.00. The monoisotopic (exact) mass is 155 g/mol. The SMILES string of the molecule is C[C@@H]1CCN(C(C)(C)C)[C@H]1C. The molecule has 11 heavy (non-hydrogen) atoms. The van der Waals surface area contributed by atoms with Gasteiger partial charge in [-0.25, -0.2) is 0 Å². The lowest BCUT2D eigenvalue weighted by atomic mass is 10.0. The largest absolute Gasteiger partial charge is 0.296 e. The van der Waals surface area contributed by atoms with E-state index in [1.807, 2.05) is 0 Å². The molecule has 0 aromatic rings. The van der Waals surface area contributed by atoms with Crippen LogP contribution in [0.15, 0.2) is 0 Å². The second kappa shape index (κ2) is 2.78. The van der Waals surface area contributed by atoms with Crippen molar-refractivity contribution in [2.45, 2.75) is 52.6 Å². The van der Waals surface area contributed by atoms with Crippen LogP contribution in [-0.2, 0) is 0 Å². The summed E-state index contributed by atoms with van der Waals surface area (Å²) in [5.74, 6) is 0.884. The summed E-state index contributed by atoms with van der Waals surface area (Å²) in [5.41, 5.74) is 0.365. The van der Waals surface area contributed by atoms with Crippen LogP contribution in [-0.4, -0.2) is 23.0 Å². The third-order valence-corrected chi connectivity index (χ3v) is 3.00. The number of rotatable bonds is 0. The molecule has 1 aliphatic heterocycles. The minimum atomic E-state index is 0.365. The number of nitrogens with zero attached hydrogens (tertiary/aromatic N) is 1. The minimum absolute atomic E-state index is 0.365. The van der Waals surface area contributed by atoms with Gasteiger partial charge in [-0.15, -0.1) is 0 Å². The van der Waals surface area contributed by atoms with E-state index in [0.717, 1.165) is 12.0 Å². The van der Waals surface area contributed by atoms with Crippen LogP contribution in [0.1, 0.15) is 41.0 Å². The van der Waals surface area contributed by atoms with E-state index in [0.29, 0.717) is 5.54 Å². The molecule has 0 aliphatic carbocycles. The van der Waals surface area contributed by atoms with E-state index in [4.69, 9.17) is 0 Å². The summed E-state index contributed by atoms with van der Waals surface area (Å²) in [6, 6.07) is 0.773. The molecule has 0 bridgehead atoms. The summed E-state index contributed by atoms with van der Waals surface area (Å²) in [6.45, 7) is 12.9. The Kier molecular flexibility index (Phi) is 2.29. The van der Waals surface area contributed by atoms with Gasteiger partial charge in [0.25, 0.3) is 0 Å². The molecule has 2 atom stereocenters. The van der Waals surface area contributed by atoms with Crippen LogP contribution in [0.3, 0.4) is 0 Å². The zero-order chi connectivity index (χ0) is 8.65. The summed E-state index contributed by atoms with van der Waals surface area (Å²) in [6.07, 6.45) is 1.37. The van der Waals surface area contributed by atoms with E-state index >= 15 is 0 Å². The van der Waals surface area contributed by atoms with Gasteiger partial charge in [-0.3, -0.25) is 4.90 Å². The Balaban J connectivity index is 2.62. The molecule has 0 amide bonds. The quantitative estimate of drug-likeness (QED) is 0.519. The predicted octanol–water partition coefficient (Wildman–Crippen LogP) is 2.52. The Bertz CT molecular complexity index is 134. The van der Waals surface area contributed by atoms with Crippen molar-refractivity contribution in [2.75, 3.05) is 6.54 Å². The van der Waals surface area contributed by atoms with E-state index in [1.165, 1.54) is 13.0 Å². The first-order chi connectivity index (χ1) is 4.93. The first kappa shape index (κ1) is 9.05. The first-order valence-electron chi connectivity index (χ1n) is 4.69. The van der Waals surface area contributed by atoms with Crippen molar-refractivity contribution in [3.05, 3.63) is 0 Å². The molecule has 0 N–H and O–H groups in total. The molecular formula is C10H21N. The maximum atomic E-state index is 2.61. The molecule has 1 aliphatic rings. The zero-order valence-electron chi connectivity index (χ0n) is 8.52. The van der Waals surface area contributed by atoms with Crippen LogP contribution >= 0.6 is 0 Å². The van der Waals surface area contributed by atoms with Crippen LogP contribution < -0.4 is 0 Å². The van der Waals surface area contributed by atoms with E-state index in [9.17, 15) is 0 Å². The molecular weight excluding hydrogens is 134 g/mol. The second-order valence-electron chi connectivity index (χ2n) is 4.87. The summed E-state index contributed by atoms with van der Waals surface area (Å²) < 4.78 is 0. The summed E-state index contributed by atoms with van der Waals surface area (Å²) in [4.78, 5) is 2.61. The fourth-order valence-corrected chi connectivity index (χ4v) is 2.04. The van der Waals surface area contributed by atoms with Crippen molar-refractivity contribution in [1.29, 1.82) is 0 Å². The average Bonchev–Trinajstić information content (AvgIpc) is 2.11. The predicted molar refractivity (Wildman–Crippen MR) is 49.7 cm³/mol. The molecule has 0 saturated carbocycles. The fourth-order valence-electron chi connectivity index (χ4n) is 2.04. The van der Waals surface area contributed by atoms with Crippen molar-refractivity contribution in [3.63, 3.8) is 0 Å². The molecule has 1 heteroatoms. The molecule has 0 aromatic heterocycles. The number of hydrogen-bond donors (Lipinski definition) is 0. The average molecular weight is 155 g/mol. The highest BCUT2D eigenvalue weighted by molar-refractivity contribution is 4.88. The highest BCUT2D eigenvalue weighted by atomic mass is 15.2. The van der Waals surface area contributed by atoms with Crippen LogP contribution in [0.2, 0.25) is 0 Å². The van der Waals surface area contributed by atoms with Gasteiger partial charge in [0, 0.05) is 11.6 Å². The van der Waals surface area contributed by atoms with Crippen molar-refractivity contribution >= 4 is 0 Å². The van der Waals surface area contributed by atoms with Crippen LogP contribution in [0, 0.1) is 5.92 Å². The van der Waals surface area contributed by atoms with E-state index in [1.54, 1.807) is 0 Å². The Labute approximate surface area is 70.8 Å². The maximum Gasteiger partial charge on any atom is 0.0127 e. The molecule has 0 radical (unpaired) electrons. The van der Waals surface area contributed by atoms with Gasteiger partial charge in [0.05, 0.1) is 0 Å². The van der Waals surface area contributed by atoms with Gasteiger partial charge in [-0.05, 0) is 46.6 Å². The summed E-state index contributed by atoms with van der Waals surface area (Å²) in [5, 5.41) is 0. The van der Waals surface area contributed by atoms with E-state index in [2.05, 4.69) is 39.5 Å². The smallest absolute Gasteiger partial charge is 0.0127 e. The Morgan fingerprint density at radius 2 is 1.73 bits per heavy atom. The van der Waals surface area contributed by atoms with Crippen LogP contribution in [0.5, 0.6) is 0 Å². The Morgan fingerprint density at radius 3 is 1.91 bits per heavy atom.